The van der Waals surface area contributed by atoms with Gasteiger partial charge in [-0.1, -0.05) is 15.9 Å². The molecular formula is C19H19BrN4O3S. The minimum Gasteiger partial charge on any atom is -0.378 e. The van der Waals surface area contributed by atoms with Crippen LogP contribution in [-0.4, -0.2) is 64.6 Å². The van der Waals surface area contributed by atoms with Gasteiger partial charge in [0.25, 0.3) is 5.91 Å². The van der Waals surface area contributed by atoms with E-state index in [0.717, 1.165) is 20.9 Å². The van der Waals surface area contributed by atoms with Crippen LogP contribution in [0.3, 0.4) is 0 Å². The number of ether oxygens (including phenoxy) is 1. The van der Waals surface area contributed by atoms with Crippen molar-refractivity contribution in [2.24, 2.45) is 0 Å². The standard InChI is InChI=1S/C19H19BrN4O3S/c1-22-18(26)15(21-19(22)28)8-12-10-24(16-3-2-13(20)9-14(12)16)11-17(25)23-4-6-27-7-5-23/h2-3,8-10H,4-7,11H2,1H3,(H,21,28)/b15-8-. The van der Waals surface area contributed by atoms with Gasteiger partial charge < -0.3 is 19.5 Å². The van der Waals surface area contributed by atoms with E-state index in [9.17, 15) is 9.59 Å². The van der Waals surface area contributed by atoms with Crippen LogP contribution in [0.25, 0.3) is 17.0 Å². The van der Waals surface area contributed by atoms with Gasteiger partial charge in [0, 0.05) is 47.3 Å². The number of halogens is 1. The van der Waals surface area contributed by atoms with Gasteiger partial charge in [0.1, 0.15) is 12.2 Å². The van der Waals surface area contributed by atoms with Crippen molar-refractivity contribution >= 4 is 62.1 Å². The van der Waals surface area contributed by atoms with Crippen LogP contribution in [-0.2, 0) is 20.9 Å². The molecular weight excluding hydrogens is 444 g/mol. The van der Waals surface area contributed by atoms with Crippen LogP contribution in [0.15, 0.2) is 34.6 Å². The topological polar surface area (TPSA) is 66.8 Å². The Labute approximate surface area is 176 Å². The molecule has 0 radical (unpaired) electrons. The summed E-state index contributed by atoms with van der Waals surface area (Å²) in [7, 11) is 1.64. The van der Waals surface area contributed by atoms with Gasteiger partial charge in [-0.25, -0.2) is 0 Å². The van der Waals surface area contributed by atoms with Crippen molar-refractivity contribution in [1.29, 1.82) is 0 Å². The zero-order chi connectivity index (χ0) is 19.8. The predicted octanol–water partition coefficient (Wildman–Crippen LogP) is 1.95. The van der Waals surface area contributed by atoms with E-state index in [2.05, 4.69) is 21.2 Å². The van der Waals surface area contributed by atoms with E-state index < -0.39 is 0 Å². The molecule has 0 spiro atoms. The number of amides is 2. The van der Waals surface area contributed by atoms with Gasteiger partial charge in [-0.2, -0.15) is 0 Å². The number of nitrogens with one attached hydrogen (secondary N) is 1. The third-order valence-corrected chi connectivity index (χ3v) is 5.79. The summed E-state index contributed by atoms with van der Waals surface area (Å²) in [5.74, 6) is -0.122. The van der Waals surface area contributed by atoms with Gasteiger partial charge in [0.15, 0.2) is 5.11 Å². The number of hydrogen-bond donors (Lipinski definition) is 1. The Bertz CT molecular complexity index is 1010. The lowest BCUT2D eigenvalue weighted by molar-refractivity contribution is -0.135. The first kappa shape index (κ1) is 19.1. The smallest absolute Gasteiger partial charge is 0.276 e. The Balaban J connectivity index is 1.70. The SMILES string of the molecule is CN1C(=O)/C(=C/c2cn(CC(=O)N3CCOCC3)c3ccc(Br)cc23)NC1=S. The Morgan fingerprint density at radius 1 is 1.36 bits per heavy atom. The van der Waals surface area contributed by atoms with Crippen molar-refractivity contribution in [3.63, 3.8) is 0 Å². The molecule has 2 amide bonds. The molecule has 0 bridgehead atoms. The molecule has 4 rings (SSSR count). The van der Waals surface area contributed by atoms with E-state index in [1.165, 1.54) is 4.90 Å². The third kappa shape index (κ3) is 3.57. The molecule has 3 heterocycles. The number of hydrogen-bond acceptors (Lipinski definition) is 4. The van der Waals surface area contributed by atoms with Crippen LogP contribution in [0.4, 0.5) is 0 Å². The summed E-state index contributed by atoms with van der Waals surface area (Å²) in [6.07, 6.45) is 3.68. The van der Waals surface area contributed by atoms with Gasteiger partial charge in [0.05, 0.1) is 13.2 Å². The summed E-state index contributed by atoms with van der Waals surface area (Å²) in [5, 5.41) is 4.27. The number of benzene rings is 1. The van der Waals surface area contributed by atoms with Gasteiger partial charge >= 0.3 is 0 Å². The Kier molecular flexibility index (Phi) is 5.22. The number of likely N-dealkylation sites (N-methyl/N-ethyl adjacent to an activating group) is 1. The van der Waals surface area contributed by atoms with Crippen LogP contribution in [0.5, 0.6) is 0 Å². The van der Waals surface area contributed by atoms with Crippen LogP contribution in [0.2, 0.25) is 0 Å². The van der Waals surface area contributed by atoms with Gasteiger partial charge in [-0.3, -0.25) is 14.5 Å². The van der Waals surface area contributed by atoms with Crippen LogP contribution < -0.4 is 5.32 Å². The van der Waals surface area contributed by atoms with E-state index >= 15 is 0 Å². The van der Waals surface area contributed by atoms with Crippen LogP contribution in [0.1, 0.15) is 5.56 Å². The van der Waals surface area contributed by atoms with Crippen molar-refractivity contribution in [2.75, 3.05) is 33.4 Å². The fourth-order valence-electron chi connectivity index (χ4n) is 3.38. The van der Waals surface area contributed by atoms with Gasteiger partial charge in [-0.15, -0.1) is 0 Å². The van der Waals surface area contributed by atoms with Crippen LogP contribution >= 0.6 is 28.1 Å². The monoisotopic (exact) mass is 462 g/mol. The summed E-state index contributed by atoms with van der Waals surface area (Å²) in [6.45, 7) is 2.61. The highest BCUT2D eigenvalue weighted by Crippen LogP contribution is 2.28. The average molecular weight is 463 g/mol. The zero-order valence-electron chi connectivity index (χ0n) is 15.3. The molecule has 2 aromatic rings. The number of carbonyl (C=O) groups excluding carboxylic acids is 2. The van der Waals surface area contributed by atoms with E-state index in [1.54, 1.807) is 13.1 Å². The number of morpholine rings is 1. The molecule has 1 aromatic carbocycles. The Hall–Kier alpha value is -2.23. The summed E-state index contributed by atoms with van der Waals surface area (Å²) >= 11 is 8.65. The van der Waals surface area contributed by atoms with E-state index in [-0.39, 0.29) is 18.4 Å². The molecule has 0 aliphatic carbocycles. The number of thiocarbonyl (C=S) groups is 1. The van der Waals surface area contributed by atoms with Crippen molar-refractivity contribution in [2.45, 2.75) is 6.54 Å². The molecule has 7 nitrogen and oxygen atoms in total. The van der Waals surface area contributed by atoms with Gasteiger partial charge in [0.2, 0.25) is 5.91 Å². The summed E-state index contributed by atoms with van der Waals surface area (Å²) < 4.78 is 8.17. The molecule has 1 N–H and O–H groups in total. The van der Waals surface area contributed by atoms with Crippen LogP contribution in [0, 0.1) is 0 Å². The van der Waals surface area contributed by atoms with Crippen molar-refractivity contribution in [3.05, 3.63) is 40.1 Å². The van der Waals surface area contributed by atoms with Crippen molar-refractivity contribution < 1.29 is 14.3 Å². The zero-order valence-corrected chi connectivity index (χ0v) is 17.7. The Morgan fingerprint density at radius 3 is 2.79 bits per heavy atom. The Morgan fingerprint density at radius 2 is 2.11 bits per heavy atom. The molecule has 0 atom stereocenters. The molecule has 2 fully saturated rings. The highest BCUT2D eigenvalue weighted by Gasteiger charge is 2.27. The highest BCUT2D eigenvalue weighted by molar-refractivity contribution is 9.10. The number of fused-ring (bicyclic) bond motifs is 1. The molecule has 28 heavy (non-hydrogen) atoms. The normalized spacial score (nSPS) is 19.0. The fourth-order valence-corrected chi connectivity index (χ4v) is 3.93. The lowest BCUT2D eigenvalue weighted by Gasteiger charge is -2.27. The number of carbonyl (C=O) groups is 2. The first-order valence-electron chi connectivity index (χ1n) is 8.88. The molecule has 1 aromatic heterocycles. The molecule has 9 heteroatoms. The third-order valence-electron chi connectivity index (χ3n) is 4.92. The molecule has 146 valence electrons. The average Bonchev–Trinajstić information content (AvgIpc) is 3.14. The highest BCUT2D eigenvalue weighted by atomic mass is 79.9. The van der Waals surface area contributed by atoms with E-state index in [4.69, 9.17) is 17.0 Å². The summed E-state index contributed by atoms with van der Waals surface area (Å²) in [5.41, 5.74) is 2.20. The van der Waals surface area contributed by atoms with E-state index in [1.807, 2.05) is 33.9 Å². The number of rotatable bonds is 3. The second kappa shape index (κ2) is 7.65. The lowest BCUT2D eigenvalue weighted by Crippen LogP contribution is -2.42. The number of nitrogens with zero attached hydrogens (tertiary/aromatic N) is 3. The molecule has 0 unspecified atom stereocenters. The first-order valence-corrected chi connectivity index (χ1v) is 10.1. The summed E-state index contributed by atoms with van der Waals surface area (Å²) in [6, 6.07) is 5.89. The lowest BCUT2D eigenvalue weighted by atomic mass is 10.1. The summed E-state index contributed by atoms with van der Waals surface area (Å²) in [4.78, 5) is 28.3. The van der Waals surface area contributed by atoms with E-state index in [0.29, 0.717) is 37.1 Å². The first-order chi connectivity index (χ1) is 13.4. The maximum atomic E-state index is 12.7. The molecule has 0 saturated carbocycles. The fraction of sp³-hybridized carbons (Fsp3) is 0.316. The second-order valence-electron chi connectivity index (χ2n) is 6.72. The molecule has 2 aliphatic heterocycles. The maximum absolute atomic E-state index is 12.7. The quantitative estimate of drug-likeness (QED) is 0.557. The second-order valence-corrected chi connectivity index (χ2v) is 8.02. The van der Waals surface area contributed by atoms with Crippen molar-refractivity contribution in [3.8, 4) is 0 Å². The minimum absolute atomic E-state index is 0.0540. The number of aromatic nitrogens is 1. The van der Waals surface area contributed by atoms with Gasteiger partial charge in [-0.05, 0) is 36.5 Å². The molecule has 2 saturated heterocycles. The predicted molar refractivity (Wildman–Crippen MR) is 114 cm³/mol. The minimum atomic E-state index is -0.176. The molecule has 2 aliphatic rings. The maximum Gasteiger partial charge on any atom is 0.276 e. The van der Waals surface area contributed by atoms with Crippen molar-refractivity contribution in [1.82, 2.24) is 19.7 Å². The largest absolute Gasteiger partial charge is 0.378 e.